The van der Waals surface area contributed by atoms with Crippen LogP contribution in [0.25, 0.3) is 0 Å². The van der Waals surface area contributed by atoms with Gasteiger partial charge >= 0.3 is 0 Å². The highest BCUT2D eigenvalue weighted by molar-refractivity contribution is 7.89. The van der Waals surface area contributed by atoms with Crippen LogP contribution in [0, 0.1) is 0 Å². The number of benzene rings is 1. The molecule has 0 heterocycles. The van der Waals surface area contributed by atoms with Crippen molar-refractivity contribution in [2.45, 2.75) is 38.1 Å². The monoisotopic (exact) mass is 313 g/mol. The topological polar surface area (TPSA) is 75.4 Å². The molecule has 120 valence electrons. The fraction of sp³-hybridized carbons (Fsp3) is 0.600. The summed E-state index contributed by atoms with van der Waals surface area (Å²) in [5.74, 6) is 0. The van der Waals surface area contributed by atoms with E-state index in [2.05, 4.69) is 23.5 Å². The van der Waals surface area contributed by atoms with Gasteiger partial charge in [0.1, 0.15) is 0 Å². The standard InChI is InChI=1S/C15H27N3O2S/c1-4-10-18(5-2)11-9-17-21(19,20)15-8-6-7-14(12-15)13(3)16/h6-8,12-13,17H,4-5,9-11,16H2,1-3H3. The van der Waals surface area contributed by atoms with E-state index >= 15 is 0 Å². The molecule has 1 aromatic carbocycles. The molecule has 21 heavy (non-hydrogen) atoms. The number of nitrogens with zero attached hydrogens (tertiary/aromatic N) is 1. The molecule has 0 radical (unpaired) electrons. The van der Waals surface area contributed by atoms with Crippen molar-refractivity contribution in [2.24, 2.45) is 5.73 Å². The van der Waals surface area contributed by atoms with Crippen LogP contribution < -0.4 is 10.5 Å². The van der Waals surface area contributed by atoms with Crippen LogP contribution in [0.15, 0.2) is 29.2 Å². The van der Waals surface area contributed by atoms with Crippen molar-refractivity contribution in [1.29, 1.82) is 0 Å². The summed E-state index contributed by atoms with van der Waals surface area (Å²) in [6, 6.07) is 6.61. The highest BCUT2D eigenvalue weighted by Crippen LogP contribution is 2.15. The number of hydrogen-bond donors (Lipinski definition) is 2. The van der Waals surface area contributed by atoms with Crippen molar-refractivity contribution in [3.63, 3.8) is 0 Å². The third-order valence-electron chi connectivity index (χ3n) is 3.40. The van der Waals surface area contributed by atoms with Gasteiger partial charge in [0.15, 0.2) is 0 Å². The lowest BCUT2D eigenvalue weighted by Crippen LogP contribution is -2.35. The Kier molecular flexibility index (Phi) is 7.31. The summed E-state index contributed by atoms with van der Waals surface area (Å²) in [6.07, 6.45) is 1.07. The zero-order chi connectivity index (χ0) is 15.9. The first-order chi connectivity index (χ1) is 9.90. The molecule has 1 aromatic rings. The van der Waals surface area contributed by atoms with Crippen LogP contribution in [0.1, 0.15) is 38.8 Å². The number of nitrogens with one attached hydrogen (secondary N) is 1. The van der Waals surface area contributed by atoms with Crippen LogP contribution in [0.5, 0.6) is 0 Å². The second-order valence-corrected chi connectivity index (χ2v) is 6.96. The third kappa shape index (κ3) is 5.74. The Morgan fingerprint density at radius 3 is 2.57 bits per heavy atom. The Morgan fingerprint density at radius 2 is 2.00 bits per heavy atom. The number of likely N-dealkylation sites (N-methyl/N-ethyl adjacent to an activating group) is 1. The van der Waals surface area contributed by atoms with Crippen LogP contribution >= 0.6 is 0 Å². The molecule has 0 aliphatic rings. The van der Waals surface area contributed by atoms with Crippen LogP contribution in [0.2, 0.25) is 0 Å². The molecule has 0 fully saturated rings. The van der Waals surface area contributed by atoms with Gasteiger partial charge in [-0.25, -0.2) is 13.1 Å². The Hall–Kier alpha value is -0.950. The van der Waals surface area contributed by atoms with Crippen LogP contribution in [0.4, 0.5) is 0 Å². The minimum absolute atomic E-state index is 0.180. The lowest BCUT2D eigenvalue weighted by atomic mass is 10.1. The minimum Gasteiger partial charge on any atom is -0.324 e. The Bertz CT molecular complexity index is 529. The highest BCUT2D eigenvalue weighted by atomic mass is 32.2. The van der Waals surface area contributed by atoms with Gasteiger partial charge in [0.2, 0.25) is 10.0 Å². The molecule has 0 aliphatic carbocycles. The van der Waals surface area contributed by atoms with Gasteiger partial charge in [0.05, 0.1) is 4.90 Å². The third-order valence-corrected chi connectivity index (χ3v) is 4.86. The molecule has 0 amide bonds. The van der Waals surface area contributed by atoms with Gasteiger partial charge in [0.25, 0.3) is 0 Å². The van der Waals surface area contributed by atoms with E-state index < -0.39 is 10.0 Å². The van der Waals surface area contributed by atoms with Gasteiger partial charge in [-0.1, -0.05) is 26.0 Å². The van der Waals surface area contributed by atoms with Gasteiger partial charge in [-0.3, -0.25) is 0 Å². The van der Waals surface area contributed by atoms with E-state index in [0.717, 1.165) is 31.6 Å². The predicted octanol–water partition coefficient (Wildman–Crippen LogP) is 1.72. The van der Waals surface area contributed by atoms with Crippen LogP contribution in [-0.2, 0) is 10.0 Å². The van der Waals surface area contributed by atoms with Gasteiger partial charge in [-0.15, -0.1) is 0 Å². The smallest absolute Gasteiger partial charge is 0.240 e. The van der Waals surface area contributed by atoms with E-state index in [0.29, 0.717) is 6.54 Å². The number of sulfonamides is 1. The Morgan fingerprint density at radius 1 is 1.29 bits per heavy atom. The number of hydrogen-bond acceptors (Lipinski definition) is 4. The van der Waals surface area contributed by atoms with Crippen molar-refractivity contribution < 1.29 is 8.42 Å². The summed E-state index contributed by atoms with van der Waals surface area (Å²) in [5.41, 5.74) is 6.61. The SMILES string of the molecule is CCCN(CC)CCNS(=O)(=O)c1cccc(C(C)N)c1. The fourth-order valence-corrected chi connectivity index (χ4v) is 3.21. The fourth-order valence-electron chi connectivity index (χ4n) is 2.13. The molecule has 1 rings (SSSR count). The van der Waals surface area contributed by atoms with E-state index in [1.165, 1.54) is 0 Å². The molecule has 1 unspecified atom stereocenters. The van der Waals surface area contributed by atoms with E-state index in [4.69, 9.17) is 5.73 Å². The van der Waals surface area contributed by atoms with Gasteiger partial charge in [-0.2, -0.15) is 0 Å². The minimum atomic E-state index is -3.47. The molecular formula is C15H27N3O2S. The average molecular weight is 313 g/mol. The largest absolute Gasteiger partial charge is 0.324 e. The lowest BCUT2D eigenvalue weighted by molar-refractivity contribution is 0.293. The maximum atomic E-state index is 12.3. The van der Waals surface area contributed by atoms with Gasteiger partial charge < -0.3 is 10.6 Å². The molecule has 0 bridgehead atoms. The molecule has 5 nitrogen and oxygen atoms in total. The molecule has 3 N–H and O–H groups in total. The van der Waals surface area contributed by atoms with Crippen molar-refractivity contribution in [2.75, 3.05) is 26.2 Å². The summed E-state index contributed by atoms with van der Waals surface area (Å²) >= 11 is 0. The molecular weight excluding hydrogens is 286 g/mol. The van der Waals surface area contributed by atoms with Crippen LogP contribution in [0.3, 0.4) is 0 Å². The molecule has 0 aliphatic heterocycles. The second-order valence-electron chi connectivity index (χ2n) is 5.19. The first-order valence-electron chi connectivity index (χ1n) is 7.48. The molecule has 0 spiro atoms. The average Bonchev–Trinajstić information content (AvgIpc) is 2.46. The molecule has 0 saturated carbocycles. The maximum absolute atomic E-state index is 12.3. The van der Waals surface area contributed by atoms with Crippen molar-refractivity contribution in [3.8, 4) is 0 Å². The first kappa shape index (κ1) is 18.1. The molecule has 0 saturated heterocycles. The normalized spacial score (nSPS) is 13.6. The summed E-state index contributed by atoms with van der Waals surface area (Å²) < 4.78 is 27.2. The first-order valence-corrected chi connectivity index (χ1v) is 8.96. The highest BCUT2D eigenvalue weighted by Gasteiger charge is 2.15. The number of nitrogens with two attached hydrogens (primary N) is 1. The Labute approximate surface area is 128 Å². The quantitative estimate of drug-likeness (QED) is 0.728. The van der Waals surface area contributed by atoms with Crippen LogP contribution in [-0.4, -0.2) is 39.5 Å². The molecule has 0 aromatic heterocycles. The zero-order valence-corrected chi connectivity index (χ0v) is 14.0. The number of rotatable bonds is 9. The lowest BCUT2D eigenvalue weighted by Gasteiger charge is -2.19. The maximum Gasteiger partial charge on any atom is 0.240 e. The van der Waals surface area contributed by atoms with Crippen molar-refractivity contribution >= 4 is 10.0 Å². The van der Waals surface area contributed by atoms with E-state index in [1.807, 2.05) is 13.0 Å². The van der Waals surface area contributed by atoms with E-state index in [-0.39, 0.29) is 10.9 Å². The van der Waals surface area contributed by atoms with E-state index in [1.54, 1.807) is 18.2 Å². The second kappa shape index (κ2) is 8.48. The molecule has 1 atom stereocenters. The molecule has 6 heteroatoms. The summed E-state index contributed by atoms with van der Waals surface area (Å²) in [7, 11) is -3.47. The van der Waals surface area contributed by atoms with Crippen molar-refractivity contribution in [1.82, 2.24) is 9.62 Å². The van der Waals surface area contributed by atoms with E-state index in [9.17, 15) is 8.42 Å². The van der Waals surface area contributed by atoms with Crippen molar-refractivity contribution in [3.05, 3.63) is 29.8 Å². The summed E-state index contributed by atoms with van der Waals surface area (Å²) in [6.45, 7) is 9.08. The van der Waals surface area contributed by atoms with Gasteiger partial charge in [-0.05, 0) is 44.1 Å². The van der Waals surface area contributed by atoms with Gasteiger partial charge in [0, 0.05) is 19.1 Å². The summed E-state index contributed by atoms with van der Waals surface area (Å²) in [4.78, 5) is 2.50. The summed E-state index contributed by atoms with van der Waals surface area (Å²) in [5, 5.41) is 0. The zero-order valence-electron chi connectivity index (χ0n) is 13.2. The Balaban J connectivity index is 2.67. The predicted molar refractivity (Wildman–Crippen MR) is 86.6 cm³/mol.